The minimum Gasteiger partial charge on any atom is -0.0622 e. The molecule has 2 aromatic carbocycles. The molecule has 0 aromatic heterocycles. The molecule has 0 amide bonds. The van der Waals surface area contributed by atoms with E-state index < -0.39 is 0 Å². The first-order valence-electron chi connectivity index (χ1n) is 4.38. The van der Waals surface area contributed by atoms with Gasteiger partial charge in [-0.1, -0.05) is 30.3 Å². The van der Waals surface area contributed by atoms with E-state index in [9.17, 15) is 0 Å². The predicted octanol–water partition coefficient (Wildman–Crippen LogP) is 5.33. The van der Waals surface area contributed by atoms with Gasteiger partial charge in [0.15, 0.2) is 0 Å². The third-order valence-electron chi connectivity index (χ3n) is 2.09. The van der Waals surface area contributed by atoms with Crippen LogP contribution in [-0.4, -0.2) is 0 Å². The maximum atomic E-state index is 3.57. The first-order valence-corrected chi connectivity index (χ1v) is 7.33. The largest absolute Gasteiger partial charge is 0.0622 e. The van der Waals surface area contributed by atoms with Gasteiger partial charge in [-0.25, -0.2) is 0 Å². The van der Waals surface area contributed by atoms with E-state index in [0.717, 1.165) is 0 Å². The number of hydrogen-bond acceptors (Lipinski definition) is 0. The summed E-state index contributed by atoms with van der Waals surface area (Å²) in [5, 5.41) is 0. The standard InChI is InChI=1S/C12H7BrI2/c13-12-10(14)6-9(7-11(12)15)8-4-2-1-3-5-8/h1-7H. The van der Waals surface area contributed by atoms with Gasteiger partial charge >= 0.3 is 0 Å². The fourth-order valence-corrected chi connectivity index (χ4v) is 3.35. The van der Waals surface area contributed by atoms with E-state index in [1.54, 1.807) is 0 Å². The molecule has 0 radical (unpaired) electrons. The Morgan fingerprint density at radius 1 is 0.800 bits per heavy atom. The van der Waals surface area contributed by atoms with Crippen molar-refractivity contribution in [3.05, 3.63) is 54.1 Å². The topological polar surface area (TPSA) is 0 Å². The van der Waals surface area contributed by atoms with Crippen LogP contribution >= 0.6 is 61.1 Å². The number of benzene rings is 2. The van der Waals surface area contributed by atoms with Crippen LogP contribution in [0.5, 0.6) is 0 Å². The van der Waals surface area contributed by atoms with Crippen LogP contribution in [0.25, 0.3) is 11.1 Å². The summed E-state index contributed by atoms with van der Waals surface area (Å²) < 4.78 is 3.68. The molecule has 0 aliphatic carbocycles. The third-order valence-corrected chi connectivity index (χ3v) is 6.13. The second-order valence-corrected chi connectivity index (χ2v) is 6.24. The van der Waals surface area contributed by atoms with Crippen molar-refractivity contribution in [3.63, 3.8) is 0 Å². The minimum absolute atomic E-state index is 1.18. The van der Waals surface area contributed by atoms with Gasteiger partial charge in [0.1, 0.15) is 0 Å². The molecule has 0 atom stereocenters. The molecular formula is C12H7BrI2. The van der Waals surface area contributed by atoms with Crippen LogP contribution < -0.4 is 0 Å². The summed E-state index contributed by atoms with van der Waals surface area (Å²) in [6.45, 7) is 0. The molecule has 76 valence electrons. The molecule has 0 heterocycles. The van der Waals surface area contributed by atoms with E-state index in [1.165, 1.54) is 22.7 Å². The fraction of sp³-hybridized carbons (Fsp3) is 0. The Balaban J connectivity index is 2.56. The SMILES string of the molecule is Brc1c(I)cc(-c2ccccc2)cc1I. The monoisotopic (exact) mass is 484 g/mol. The quantitative estimate of drug-likeness (QED) is 0.379. The van der Waals surface area contributed by atoms with Gasteiger partial charge in [-0.2, -0.15) is 0 Å². The summed E-state index contributed by atoms with van der Waals surface area (Å²) in [6.07, 6.45) is 0. The molecule has 0 aliphatic rings. The van der Waals surface area contributed by atoms with Crippen LogP contribution in [0.4, 0.5) is 0 Å². The molecule has 0 saturated heterocycles. The average Bonchev–Trinajstić information content (AvgIpc) is 2.26. The van der Waals surface area contributed by atoms with Crippen LogP contribution in [0.3, 0.4) is 0 Å². The van der Waals surface area contributed by atoms with Gasteiger partial charge < -0.3 is 0 Å². The van der Waals surface area contributed by atoms with E-state index in [4.69, 9.17) is 0 Å². The molecule has 0 saturated carbocycles. The van der Waals surface area contributed by atoms with Crippen molar-refractivity contribution in [1.29, 1.82) is 0 Å². The lowest BCUT2D eigenvalue weighted by Crippen LogP contribution is -1.84. The highest BCUT2D eigenvalue weighted by atomic mass is 127. The molecule has 2 aromatic rings. The Morgan fingerprint density at radius 3 is 1.87 bits per heavy atom. The third kappa shape index (κ3) is 2.74. The lowest BCUT2D eigenvalue weighted by atomic mass is 10.1. The molecule has 3 heteroatoms. The van der Waals surface area contributed by atoms with Gasteiger partial charge in [0.25, 0.3) is 0 Å². The zero-order valence-electron chi connectivity index (χ0n) is 7.68. The average molecular weight is 485 g/mol. The Morgan fingerprint density at radius 2 is 1.33 bits per heavy atom. The van der Waals surface area contributed by atoms with Gasteiger partial charge in [0.05, 0.1) is 0 Å². The van der Waals surface area contributed by atoms with E-state index in [1.807, 2.05) is 6.07 Å². The number of hydrogen-bond donors (Lipinski definition) is 0. The van der Waals surface area contributed by atoms with E-state index >= 15 is 0 Å². The summed E-state index contributed by atoms with van der Waals surface area (Å²) in [5.74, 6) is 0. The zero-order valence-corrected chi connectivity index (χ0v) is 13.6. The maximum absolute atomic E-state index is 3.57. The summed E-state index contributed by atoms with van der Waals surface area (Å²) in [6, 6.07) is 14.8. The molecule has 0 aliphatic heterocycles. The number of halogens is 3. The van der Waals surface area contributed by atoms with Gasteiger partial charge in [-0.15, -0.1) is 0 Å². The Labute approximate surface area is 125 Å². The lowest BCUT2D eigenvalue weighted by Gasteiger charge is -2.06. The van der Waals surface area contributed by atoms with E-state index in [2.05, 4.69) is 97.5 Å². The minimum atomic E-state index is 1.18. The van der Waals surface area contributed by atoms with Crippen molar-refractivity contribution in [2.24, 2.45) is 0 Å². The van der Waals surface area contributed by atoms with Crippen LogP contribution in [-0.2, 0) is 0 Å². The highest BCUT2D eigenvalue weighted by molar-refractivity contribution is 14.1. The highest BCUT2D eigenvalue weighted by Gasteiger charge is 2.05. The normalized spacial score (nSPS) is 10.3. The second kappa shape index (κ2) is 5.14. The molecule has 0 unspecified atom stereocenters. The Bertz CT molecular complexity index is 457. The molecule has 2 rings (SSSR count). The van der Waals surface area contributed by atoms with Crippen molar-refractivity contribution >= 4 is 61.1 Å². The van der Waals surface area contributed by atoms with Crippen molar-refractivity contribution in [2.75, 3.05) is 0 Å². The summed E-state index contributed by atoms with van der Waals surface area (Å²) >= 11 is 8.27. The van der Waals surface area contributed by atoms with Crippen molar-refractivity contribution in [3.8, 4) is 11.1 Å². The molecule has 0 nitrogen and oxygen atoms in total. The van der Waals surface area contributed by atoms with E-state index in [0.29, 0.717) is 0 Å². The smallest absolute Gasteiger partial charge is 0.0442 e. The zero-order chi connectivity index (χ0) is 10.8. The fourth-order valence-electron chi connectivity index (χ4n) is 1.35. The first kappa shape index (κ1) is 11.9. The molecular weight excluding hydrogens is 478 g/mol. The van der Waals surface area contributed by atoms with Crippen LogP contribution in [0.2, 0.25) is 0 Å². The summed E-state index contributed by atoms with van der Waals surface area (Å²) in [5.41, 5.74) is 2.54. The van der Waals surface area contributed by atoms with Crippen molar-refractivity contribution < 1.29 is 0 Å². The lowest BCUT2D eigenvalue weighted by molar-refractivity contribution is 1.51. The Hall–Kier alpha value is 0.380. The van der Waals surface area contributed by atoms with Gasteiger partial charge in [-0.05, 0) is 84.4 Å². The van der Waals surface area contributed by atoms with Crippen LogP contribution in [0, 0.1) is 7.14 Å². The van der Waals surface area contributed by atoms with Crippen LogP contribution in [0.1, 0.15) is 0 Å². The maximum Gasteiger partial charge on any atom is 0.0442 e. The van der Waals surface area contributed by atoms with Gasteiger partial charge in [0, 0.05) is 11.6 Å². The first-order chi connectivity index (χ1) is 7.18. The van der Waals surface area contributed by atoms with E-state index in [-0.39, 0.29) is 0 Å². The summed E-state index contributed by atoms with van der Waals surface area (Å²) in [7, 11) is 0. The molecule has 0 fully saturated rings. The van der Waals surface area contributed by atoms with Gasteiger partial charge in [-0.3, -0.25) is 0 Å². The second-order valence-electron chi connectivity index (χ2n) is 3.12. The molecule has 15 heavy (non-hydrogen) atoms. The predicted molar refractivity (Wildman–Crippen MR) is 85.0 cm³/mol. The van der Waals surface area contributed by atoms with Crippen molar-refractivity contribution in [2.45, 2.75) is 0 Å². The number of rotatable bonds is 1. The Kier molecular flexibility index (Phi) is 4.06. The molecule has 0 N–H and O–H groups in total. The summed E-state index contributed by atoms with van der Waals surface area (Å²) in [4.78, 5) is 0. The molecule has 0 spiro atoms. The highest BCUT2D eigenvalue weighted by Crippen LogP contribution is 2.30. The van der Waals surface area contributed by atoms with Crippen molar-refractivity contribution in [1.82, 2.24) is 0 Å². The molecule has 0 bridgehead atoms. The van der Waals surface area contributed by atoms with Gasteiger partial charge in [0.2, 0.25) is 0 Å². The van der Waals surface area contributed by atoms with Crippen LogP contribution in [0.15, 0.2) is 46.9 Å².